The number of aromatic nitrogens is 3. The molecule has 0 spiro atoms. The fraction of sp³-hybridized carbons (Fsp3) is 0.542. The molecule has 0 unspecified atom stereocenters. The highest BCUT2D eigenvalue weighted by Crippen LogP contribution is 2.38. The van der Waals surface area contributed by atoms with Crippen LogP contribution in [0.1, 0.15) is 57.6 Å². The average Bonchev–Trinajstić information content (AvgIpc) is 3.20. The highest BCUT2D eigenvalue weighted by molar-refractivity contribution is 5.91. The molecule has 35 heavy (non-hydrogen) atoms. The van der Waals surface area contributed by atoms with E-state index in [0.717, 1.165) is 19.3 Å². The Morgan fingerprint density at radius 1 is 1.14 bits per heavy atom. The topological polar surface area (TPSA) is 96.1 Å². The third-order valence-electron chi connectivity index (χ3n) is 6.12. The van der Waals surface area contributed by atoms with Crippen LogP contribution in [0.2, 0.25) is 0 Å². The van der Waals surface area contributed by atoms with Crippen LogP contribution in [0.3, 0.4) is 0 Å². The summed E-state index contributed by atoms with van der Waals surface area (Å²) in [5.74, 6) is -0.661. The number of aliphatic hydroxyl groups is 1. The largest absolute Gasteiger partial charge is 0.405 e. The summed E-state index contributed by atoms with van der Waals surface area (Å²) in [4.78, 5) is 4.60. The lowest BCUT2D eigenvalue weighted by atomic mass is 9.84. The molecule has 1 fully saturated rings. The average molecular weight is 496 g/mol. The van der Waals surface area contributed by atoms with Gasteiger partial charge in [0.2, 0.25) is 0 Å². The van der Waals surface area contributed by atoms with E-state index >= 15 is 4.39 Å². The molecular formula is C24H29F4N5O2. The molecule has 1 aliphatic rings. The highest BCUT2D eigenvalue weighted by Gasteiger charge is 2.29. The molecule has 0 bridgehead atoms. The van der Waals surface area contributed by atoms with Crippen molar-refractivity contribution in [2.24, 2.45) is 0 Å². The van der Waals surface area contributed by atoms with E-state index in [-0.39, 0.29) is 35.1 Å². The summed E-state index contributed by atoms with van der Waals surface area (Å²) in [6.07, 6.45) is -1.72. The number of fused-ring (bicyclic) bond motifs is 1. The molecule has 190 valence electrons. The van der Waals surface area contributed by atoms with Crippen LogP contribution in [0, 0.1) is 12.7 Å². The van der Waals surface area contributed by atoms with E-state index in [1.165, 1.54) is 6.07 Å². The number of anilines is 2. The second kappa shape index (κ2) is 9.25. The summed E-state index contributed by atoms with van der Waals surface area (Å²) in [5.41, 5.74) is 0.952. The van der Waals surface area contributed by atoms with Crippen molar-refractivity contribution in [1.29, 1.82) is 0 Å². The maximum absolute atomic E-state index is 15.4. The fourth-order valence-corrected chi connectivity index (χ4v) is 4.42. The van der Waals surface area contributed by atoms with Gasteiger partial charge in [-0.05, 0) is 61.3 Å². The molecular weight excluding hydrogens is 466 g/mol. The standard InChI is InChI=1S/C24H29F4N5O2/c1-12-8-17(21-32-33-22(35-21)30-13-6-5-7-14(34)9-13)31-20-15(23(2,3)4)10-16(19(25)18(12)20)29-11-24(26,27)28/h8,10,13-14,29,34H,5-7,9,11H2,1-4H3,(H,30,33)/t13-,14+/m0/s1. The van der Waals surface area contributed by atoms with Crippen LogP contribution in [0.15, 0.2) is 16.5 Å². The van der Waals surface area contributed by atoms with Crippen molar-refractivity contribution in [2.45, 2.75) is 77.1 Å². The maximum Gasteiger partial charge on any atom is 0.405 e. The first kappa shape index (κ1) is 25.2. The van der Waals surface area contributed by atoms with Crippen molar-refractivity contribution >= 4 is 22.6 Å². The molecule has 0 aliphatic heterocycles. The molecule has 3 N–H and O–H groups in total. The molecule has 2 aromatic heterocycles. The van der Waals surface area contributed by atoms with Gasteiger partial charge >= 0.3 is 12.2 Å². The SMILES string of the molecule is Cc1cc(-c2nnc(N[C@H]3CCC[C@@H](O)C3)o2)nc2c(C(C)(C)C)cc(NCC(F)(F)F)c(F)c12. The predicted molar refractivity (Wildman–Crippen MR) is 125 cm³/mol. The van der Waals surface area contributed by atoms with Gasteiger partial charge in [-0.15, -0.1) is 5.10 Å². The lowest BCUT2D eigenvalue weighted by Crippen LogP contribution is -2.29. The quantitative estimate of drug-likeness (QED) is 0.390. The van der Waals surface area contributed by atoms with Crippen molar-refractivity contribution in [3.05, 3.63) is 29.1 Å². The van der Waals surface area contributed by atoms with Crippen molar-refractivity contribution in [3.63, 3.8) is 0 Å². The molecule has 3 aromatic rings. The van der Waals surface area contributed by atoms with Crippen LogP contribution in [0.25, 0.3) is 22.5 Å². The zero-order valence-corrected chi connectivity index (χ0v) is 20.1. The minimum Gasteiger partial charge on any atom is -0.402 e. The van der Waals surface area contributed by atoms with Crippen LogP contribution >= 0.6 is 0 Å². The number of aryl methyl sites for hydroxylation is 1. The predicted octanol–water partition coefficient (Wildman–Crippen LogP) is 5.72. The minimum absolute atomic E-state index is 0.0163. The van der Waals surface area contributed by atoms with E-state index in [0.29, 0.717) is 28.8 Å². The number of hydrogen-bond acceptors (Lipinski definition) is 7. The molecule has 0 saturated heterocycles. The molecule has 11 heteroatoms. The zero-order valence-electron chi connectivity index (χ0n) is 20.1. The Kier molecular flexibility index (Phi) is 6.65. The molecule has 4 rings (SSSR count). The van der Waals surface area contributed by atoms with E-state index in [1.54, 1.807) is 13.0 Å². The third-order valence-corrected chi connectivity index (χ3v) is 6.12. The van der Waals surface area contributed by atoms with Gasteiger partial charge in [0.15, 0.2) is 5.82 Å². The summed E-state index contributed by atoms with van der Waals surface area (Å²) < 4.78 is 59.4. The molecule has 0 amide bonds. The highest BCUT2D eigenvalue weighted by atomic mass is 19.4. The monoisotopic (exact) mass is 495 g/mol. The Hall–Kier alpha value is -2.95. The molecule has 1 aliphatic carbocycles. The van der Waals surface area contributed by atoms with E-state index in [2.05, 4.69) is 25.8 Å². The van der Waals surface area contributed by atoms with Crippen LogP contribution in [0.5, 0.6) is 0 Å². The van der Waals surface area contributed by atoms with Gasteiger partial charge in [-0.2, -0.15) is 13.2 Å². The van der Waals surface area contributed by atoms with Gasteiger partial charge < -0.3 is 20.2 Å². The Morgan fingerprint density at radius 2 is 1.89 bits per heavy atom. The van der Waals surface area contributed by atoms with E-state index in [1.807, 2.05) is 20.8 Å². The Labute approximate surface area is 200 Å². The number of nitrogens with zero attached hydrogens (tertiary/aromatic N) is 3. The molecule has 1 saturated carbocycles. The second-order valence-electron chi connectivity index (χ2n) is 10.1. The van der Waals surface area contributed by atoms with Crippen molar-refractivity contribution in [1.82, 2.24) is 15.2 Å². The summed E-state index contributed by atoms with van der Waals surface area (Å²) in [5, 5.41) is 23.4. The summed E-state index contributed by atoms with van der Waals surface area (Å²) in [6, 6.07) is 3.18. The Balaban J connectivity index is 1.73. The van der Waals surface area contributed by atoms with Crippen LogP contribution in [-0.4, -0.2) is 45.2 Å². The number of benzene rings is 1. The molecule has 2 atom stereocenters. The van der Waals surface area contributed by atoms with Gasteiger partial charge in [0, 0.05) is 11.4 Å². The summed E-state index contributed by atoms with van der Waals surface area (Å²) in [6.45, 7) is 5.95. The normalized spacial score (nSPS) is 19.2. The number of nitrogens with one attached hydrogen (secondary N) is 2. The third kappa shape index (κ3) is 5.66. The van der Waals surface area contributed by atoms with Gasteiger partial charge in [-0.3, -0.25) is 0 Å². The number of halogens is 4. The number of rotatable bonds is 5. The Morgan fingerprint density at radius 3 is 2.54 bits per heavy atom. The van der Waals surface area contributed by atoms with Gasteiger partial charge in [-0.1, -0.05) is 25.9 Å². The van der Waals surface area contributed by atoms with E-state index in [9.17, 15) is 18.3 Å². The maximum atomic E-state index is 15.4. The van der Waals surface area contributed by atoms with Crippen molar-refractivity contribution in [2.75, 3.05) is 17.2 Å². The lowest BCUT2D eigenvalue weighted by Gasteiger charge is -2.25. The van der Waals surface area contributed by atoms with Gasteiger partial charge in [0.1, 0.15) is 12.2 Å². The molecule has 2 heterocycles. The zero-order chi connectivity index (χ0) is 25.5. The lowest BCUT2D eigenvalue weighted by molar-refractivity contribution is -0.115. The smallest absolute Gasteiger partial charge is 0.402 e. The number of pyridine rings is 1. The van der Waals surface area contributed by atoms with Crippen LogP contribution < -0.4 is 10.6 Å². The van der Waals surface area contributed by atoms with E-state index in [4.69, 9.17) is 4.42 Å². The molecule has 7 nitrogen and oxygen atoms in total. The molecule has 0 radical (unpaired) electrons. The second-order valence-corrected chi connectivity index (χ2v) is 10.1. The van der Waals surface area contributed by atoms with Gasteiger partial charge in [-0.25, -0.2) is 9.37 Å². The molecule has 1 aromatic carbocycles. The van der Waals surface area contributed by atoms with Gasteiger partial charge in [0.25, 0.3) is 5.89 Å². The first-order chi connectivity index (χ1) is 16.3. The van der Waals surface area contributed by atoms with E-state index < -0.39 is 24.0 Å². The minimum atomic E-state index is -4.49. The van der Waals surface area contributed by atoms with Crippen LogP contribution in [0.4, 0.5) is 29.3 Å². The summed E-state index contributed by atoms with van der Waals surface area (Å²) >= 11 is 0. The van der Waals surface area contributed by atoms with Gasteiger partial charge in [0.05, 0.1) is 17.3 Å². The van der Waals surface area contributed by atoms with Crippen molar-refractivity contribution in [3.8, 4) is 11.6 Å². The summed E-state index contributed by atoms with van der Waals surface area (Å²) in [7, 11) is 0. The fourth-order valence-electron chi connectivity index (χ4n) is 4.42. The first-order valence-electron chi connectivity index (χ1n) is 11.6. The van der Waals surface area contributed by atoms with Crippen molar-refractivity contribution < 1.29 is 27.1 Å². The number of aliphatic hydroxyl groups excluding tert-OH is 1. The number of alkyl halides is 3. The first-order valence-corrected chi connectivity index (χ1v) is 11.6. The number of hydrogen-bond donors (Lipinski definition) is 3. The Bertz CT molecular complexity index is 1220. The van der Waals surface area contributed by atoms with Crippen LogP contribution in [-0.2, 0) is 5.41 Å².